The topological polar surface area (TPSA) is 34.9 Å². The fourth-order valence-corrected chi connectivity index (χ4v) is 2.46. The Kier molecular flexibility index (Phi) is 5.82. The summed E-state index contributed by atoms with van der Waals surface area (Å²) in [5.74, 6) is 0.914. The van der Waals surface area contributed by atoms with Crippen LogP contribution in [0.5, 0.6) is 0 Å². The van der Waals surface area contributed by atoms with Crippen LogP contribution < -0.4 is 5.32 Å². The highest BCUT2D eigenvalue weighted by molar-refractivity contribution is 7.80. The molecule has 0 atom stereocenters. The summed E-state index contributed by atoms with van der Waals surface area (Å²) in [5, 5.41) is 4.08. The first kappa shape index (κ1) is 15.3. The Balaban J connectivity index is 1.66. The summed E-state index contributed by atoms with van der Waals surface area (Å²) in [7, 11) is 4.23. The first-order valence-electron chi connectivity index (χ1n) is 7.07. The van der Waals surface area contributed by atoms with Gasteiger partial charge < -0.3 is 19.5 Å². The highest BCUT2D eigenvalue weighted by Gasteiger charge is 2.18. The summed E-state index contributed by atoms with van der Waals surface area (Å²) >= 11 is 5.44. The largest absolute Gasteiger partial charge is 0.467 e. The molecule has 0 amide bonds. The molecule has 0 unspecified atom stereocenters. The summed E-state index contributed by atoms with van der Waals surface area (Å²) in [4.78, 5) is 6.96. The van der Waals surface area contributed by atoms with Gasteiger partial charge in [0.2, 0.25) is 0 Å². The molecule has 0 aliphatic carbocycles. The van der Waals surface area contributed by atoms with Gasteiger partial charge in [0.15, 0.2) is 5.11 Å². The normalized spacial score (nSPS) is 16.6. The van der Waals surface area contributed by atoms with Gasteiger partial charge in [-0.25, -0.2) is 0 Å². The van der Waals surface area contributed by atoms with E-state index < -0.39 is 0 Å². The molecule has 1 N–H and O–H groups in total. The van der Waals surface area contributed by atoms with Crippen LogP contribution in [0.4, 0.5) is 0 Å². The number of nitrogens with zero attached hydrogens (tertiary/aromatic N) is 3. The lowest BCUT2D eigenvalue weighted by atomic mass is 10.3. The van der Waals surface area contributed by atoms with E-state index in [1.165, 1.54) is 0 Å². The van der Waals surface area contributed by atoms with Gasteiger partial charge in [0.25, 0.3) is 0 Å². The molecule has 2 rings (SSSR count). The Morgan fingerprint density at radius 2 is 2.10 bits per heavy atom. The molecule has 2 heterocycles. The van der Waals surface area contributed by atoms with Crippen LogP contribution in [0.3, 0.4) is 0 Å². The third kappa shape index (κ3) is 4.77. The quantitative estimate of drug-likeness (QED) is 0.811. The maximum atomic E-state index is 5.44. The molecule has 112 valence electrons. The van der Waals surface area contributed by atoms with Crippen molar-refractivity contribution in [3.05, 3.63) is 24.2 Å². The van der Waals surface area contributed by atoms with Crippen molar-refractivity contribution in [3.8, 4) is 0 Å². The Hall–Kier alpha value is -1.11. The summed E-state index contributed by atoms with van der Waals surface area (Å²) in [5.41, 5.74) is 0. The van der Waals surface area contributed by atoms with Crippen LogP contribution >= 0.6 is 12.2 Å². The van der Waals surface area contributed by atoms with Crippen LogP contribution in [0.25, 0.3) is 0 Å². The number of piperazine rings is 1. The van der Waals surface area contributed by atoms with Gasteiger partial charge in [-0.15, -0.1) is 0 Å². The van der Waals surface area contributed by atoms with Crippen LogP contribution in [0.15, 0.2) is 22.8 Å². The third-order valence-electron chi connectivity index (χ3n) is 3.52. The average molecular weight is 296 g/mol. The Labute approximate surface area is 126 Å². The van der Waals surface area contributed by atoms with Gasteiger partial charge in [-0.2, -0.15) is 0 Å². The highest BCUT2D eigenvalue weighted by atomic mass is 32.1. The van der Waals surface area contributed by atoms with Crippen LogP contribution in [0.2, 0.25) is 0 Å². The van der Waals surface area contributed by atoms with Crippen molar-refractivity contribution in [1.82, 2.24) is 20.0 Å². The highest BCUT2D eigenvalue weighted by Crippen LogP contribution is 2.04. The van der Waals surface area contributed by atoms with Gasteiger partial charge >= 0.3 is 0 Å². The lowest BCUT2D eigenvalue weighted by Crippen LogP contribution is -2.52. The first-order chi connectivity index (χ1) is 9.65. The maximum absolute atomic E-state index is 5.44. The SMILES string of the molecule is CN(C)CCN1CCN(C(=S)NCc2ccco2)CC1. The molecule has 1 aliphatic heterocycles. The molecule has 1 saturated heterocycles. The minimum Gasteiger partial charge on any atom is -0.467 e. The van der Waals surface area contributed by atoms with E-state index in [2.05, 4.69) is 34.1 Å². The first-order valence-corrected chi connectivity index (χ1v) is 7.48. The average Bonchev–Trinajstić information content (AvgIpc) is 2.96. The predicted octanol–water partition coefficient (Wildman–Crippen LogP) is 0.833. The molecule has 1 fully saturated rings. The van der Waals surface area contributed by atoms with Crippen molar-refractivity contribution in [2.75, 3.05) is 53.4 Å². The van der Waals surface area contributed by atoms with Gasteiger partial charge in [-0.05, 0) is 38.4 Å². The molecule has 0 saturated carbocycles. The zero-order chi connectivity index (χ0) is 14.4. The standard InChI is InChI=1S/C14H24N4OS/c1-16(2)5-6-17-7-9-18(10-8-17)14(20)15-12-13-4-3-11-19-13/h3-4,11H,5-10,12H2,1-2H3,(H,15,20). The number of likely N-dealkylation sites (N-methyl/N-ethyl adjacent to an activating group) is 1. The molecule has 0 aromatic carbocycles. The van der Waals surface area contributed by atoms with Gasteiger partial charge in [0.05, 0.1) is 12.8 Å². The van der Waals surface area contributed by atoms with E-state index in [1.807, 2.05) is 12.1 Å². The Morgan fingerprint density at radius 3 is 2.70 bits per heavy atom. The lowest BCUT2D eigenvalue weighted by molar-refractivity contribution is 0.168. The van der Waals surface area contributed by atoms with Crippen LogP contribution in [0.1, 0.15) is 5.76 Å². The molecule has 1 aromatic heterocycles. The van der Waals surface area contributed by atoms with Gasteiger partial charge in [0, 0.05) is 39.3 Å². The summed E-state index contributed by atoms with van der Waals surface area (Å²) in [6, 6.07) is 3.85. The van der Waals surface area contributed by atoms with Crippen molar-refractivity contribution < 1.29 is 4.42 Å². The van der Waals surface area contributed by atoms with Gasteiger partial charge in [-0.1, -0.05) is 0 Å². The van der Waals surface area contributed by atoms with Gasteiger partial charge in [-0.3, -0.25) is 4.90 Å². The number of hydrogen-bond donors (Lipinski definition) is 1. The molecule has 1 aromatic rings. The summed E-state index contributed by atoms with van der Waals surface area (Å²) in [6.07, 6.45) is 1.68. The van der Waals surface area contributed by atoms with Crippen molar-refractivity contribution in [1.29, 1.82) is 0 Å². The smallest absolute Gasteiger partial charge is 0.169 e. The Bertz CT molecular complexity index is 399. The summed E-state index contributed by atoms with van der Waals surface area (Å²) in [6.45, 7) is 7.06. The number of hydrogen-bond acceptors (Lipinski definition) is 4. The van der Waals surface area contributed by atoms with E-state index in [0.29, 0.717) is 6.54 Å². The Morgan fingerprint density at radius 1 is 1.35 bits per heavy atom. The van der Waals surface area contributed by atoms with E-state index in [0.717, 1.165) is 50.1 Å². The predicted molar refractivity (Wildman–Crippen MR) is 84.7 cm³/mol. The third-order valence-corrected chi connectivity index (χ3v) is 3.92. The van der Waals surface area contributed by atoms with Crippen LogP contribution in [-0.2, 0) is 6.54 Å². The number of nitrogens with one attached hydrogen (secondary N) is 1. The van der Waals surface area contributed by atoms with Crippen molar-refractivity contribution >= 4 is 17.3 Å². The van der Waals surface area contributed by atoms with Crippen LogP contribution in [-0.4, -0.2) is 73.2 Å². The molecule has 20 heavy (non-hydrogen) atoms. The molecular weight excluding hydrogens is 272 g/mol. The van der Waals surface area contributed by atoms with Crippen molar-refractivity contribution in [2.45, 2.75) is 6.54 Å². The maximum Gasteiger partial charge on any atom is 0.169 e. The van der Waals surface area contributed by atoms with E-state index in [-0.39, 0.29) is 0 Å². The molecule has 5 nitrogen and oxygen atoms in total. The zero-order valence-electron chi connectivity index (χ0n) is 12.3. The lowest BCUT2D eigenvalue weighted by Gasteiger charge is -2.36. The molecular formula is C14H24N4OS. The minimum absolute atomic E-state index is 0.659. The molecule has 0 bridgehead atoms. The van der Waals surface area contributed by atoms with E-state index in [9.17, 15) is 0 Å². The molecule has 0 radical (unpaired) electrons. The molecule has 0 spiro atoms. The number of thiocarbonyl (C=S) groups is 1. The van der Waals surface area contributed by atoms with Crippen LogP contribution in [0, 0.1) is 0 Å². The minimum atomic E-state index is 0.659. The van der Waals surface area contributed by atoms with E-state index in [1.54, 1.807) is 6.26 Å². The molecule has 1 aliphatic rings. The van der Waals surface area contributed by atoms with Crippen molar-refractivity contribution in [3.63, 3.8) is 0 Å². The second-order valence-electron chi connectivity index (χ2n) is 5.37. The second kappa shape index (κ2) is 7.61. The van der Waals surface area contributed by atoms with Gasteiger partial charge in [0.1, 0.15) is 5.76 Å². The van der Waals surface area contributed by atoms with E-state index >= 15 is 0 Å². The molecule has 6 heteroatoms. The zero-order valence-corrected chi connectivity index (χ0v) is 13.2. The monoisotopic (exact) mass is 296 g/mol. The number of rotatable bonds is 5. The second-order valence-corrected chi connectivity index (χ2v) is 5.76. The fourth-order valence-electron chi connectivity index (χ4n) is 2.20. The van der Waals surface area contributed by atoms with Crippen molar-refractivity contribution in [2.24, 2.45) is 0 Å². The number of furan rings is 1. The fraction of sp³-hybridized carbons (Fsp3) is 0.643. The van der Waals surface area contributed by atoms with E-state index in [4.69, 9.17) is 16.6 Å². The summed E-state index contributed by atoms with van der Waals surface area (Å²) < 4.78 is 5.29.